The van der Waals surface area contributed by atoms with Crippen molar-refractivity contribution in [2.75, 3.05) is 0 Å². The number of benzene rings is 1. The Balaban J connectivity index is 2.28. The highest BCUT2D eigenvalue weighted by molar-refractivity contribution is 5.63. The highest BCUT2D eigenvalue weighted by atomic mass is 15.1. The Morgan fingerprint density at radius 1 is 1.38 bits per heavy atom. The number of hydrogen-bond acceptors (Lipinski definition) is 2. The molecule has 3 heteroatoms. The van der Waals surface area contributed by atoms with Crippen LogP contribution in [0.5, 0.6) is 0 Å². The predicted octanol–water partition coefficient (Wildman–Crippen LogP) is 2.27. The molecule has 0 aliphatic carbocycles. The minimum absolute atomic E-state index is 0.158. The van der Waals surface area contributed by atoms with Crippen LogP contribution in [0, 0.1) is 6.92 Å². The van der Waals surface area contributed by atoms with Gasteiger partial charge < -0.3 is 5.73 Å². The average molecular weight is 215 g/mol. The van der Waals surface area contributed by atoms with Crippen molar-refractivity contribution in [2.45, 2.75) is 26.3 Å². The molecular weight excluding hydrogens is 198 g/mol. The Hall–Kier alpha value is -1.61. The number of rotatable bonds is 3. The van der Waals surface area contributed by atoms with E-state index in [0.717, 1.165) is 17.8 Å². The van der Waals surface area contributed by atoms with Crippen molar-refractivity contribution < 1.29 is 0 Å². The molecule has 0 aliphatic rings. The largest absolute Gasteiger partial charge is 0.328 e. The Labute approximate surface area is 95.7 Å². The second kappa shape index (κ2) is 4.49. The lowest BCUT2D eigenvalue weighted by atomic mass is 10.1. The molecule has 3 nitrogen and oxygen atoms in total. The van der Waals surface area contributed by atoms with E-state index in [-0.39, 0.29) is 6.04 Å². The summed E-state index contributed by atoms with van der Waals surface area (Å²) in [5.74, 6) is 0. The van der Waals surface area contributed by atoms with Crippen molar-refractivity contribution in [2.24, 2.45) is 5.73 Å². The number of aromatic amines is 1. The number of aromatic nitrogens is 2. The first-order valence-electron chi connectivity index (χ1n) is 5.52. The summed E-state index contributed by atoms with van der Waals surface area (Å²) in [7, 11) is 0. The molecular formula is C13H17N3. The SMILES string of the molecule is Cc1ccccc1-c1cc(CC(C)N)[nH]n1. The molecule has 2 rings (SSSR count). The van der Waals surface area contributed by atoms with Gasteiger partial charge in [0.25, 0.3) is 0 Å². The summed E-state index contributed by atoms with van der Waals surface area (Å²) in [6, 6.07) is 10.5. The molecule has 0 radical (unpaired) electrons. The van der Waals surface area contributed by atoms with Crippen LogP contribution in [0.25, 0.3) is 11.3 Å². The second-order valence-corrected chi connectivity index (χ2v) is 4.27. The Bertz CT molecular complexity index is 472. The van der Waals surface area contributed by atoms with E-state index in [0.29, 0.717) is 0 Å². The number of nitrogens with two attached hydrogens (primary N) is 1. The van der Waals surface area contributed by atoms with Crippen LogP contribution < -0.4 is 5.73 Å². The van der Waals surface area contributed by atoms with Crippen LogP contribution in [0.2, 0.25) is 0 Å². The van der Waals surface area contributed by atoms with Crippen molar-refractivity contribution in [1.29, 1.82) is 0 Å². The smallest absolute Gasteiger partial charge is 0.0926 e. The van der Waals surface area contributed by atoms with E-state index in [1.807, 2.05) is 19.1 Å². The lowest BCUT2D eigenvalue weighted by molar-refractivity contribution is 0.719. The highest BCUT2D eigenvalue weighted by Crippen LogP contribution is 2.21. The molecule has 84 valence electrons. The van der Waals surface area contributed by atoms with Crippen LogP contribution in [-0.4, -0.2) is 16.2 Å². The number of hydrogen-bond donors (Lipinski definition) is 2. The minimum atomic E-state index is 0.158. The van der Waals surface area contributed by atoms with Crippen molar-refractivity contribution in [3.8, 4) is 11.3 Å². The average Bonchev–Trinajstić information content (AvgIpc) is 2.66. The van der Waals surface area contributed by atoms with E-state index in [9.17, 15) is 0 Å². The van der Waals surface area contributed by atoms with Crippen LogP contribution in [0.15, 0.2) is 30.3 Å². The zero-order valence-electron chi connectivity index (χ0n) is 9.70. The van der Waals surface area contributed by atoms with Crippen molar-refractivity contribution in [3.63, 3.8) is 0 Å². The van der Waals surface area contributed by atoms with Gasteiger partial charge in [0.2, 0.25) is 0 Å². The molecule has 1 aromatic heterocycles. The summed E-state index contributed by atoms with van der Waals surface area (Å²) in [5.41, 5.74) is 10.3. The summed E-state index contributed by atoms with van der Waals surface area (Å²) in [5, 5.41) is 7.35. The van der Waals surface area contributed by atoms with Gasteiger partial charge in [-0.05, 0) is 25.5 Å². The molecule has 1 aromatic carbocycles. The molecule has 0 saturated heterocycles. The standard InChI is InChI=1S/C13H17N3/c1-9-5-3-4-6-12(9)13-8-11(15-16-13)7-10(2)14/h3-6,8,10H,7,14H2,1-2H3,(H,15,16). The topological polar surface area (TPSA) is 54.7 Å². The first-order chi connectivity index (χ1) is 7.66. The monoisotopic (exact) mass is 215 g/mol. The first kappa shape index (κ1) is 10.9. The maximum Gasteiger partial charge on any atom is 0.0926 e. The third-order valence-corrected chi connectivity index (χ3v) is 2.59. The lowest BCUT2D eigenvalue weighted by Gasteiger charge is -2.01. The second-order valence-electron chi connectivity index (χ2n) is 4.27. The molecule has 16 heavy (non-hydrogen) atoms. The Morgan fingerprint density at radius 2 is 2.12 bits per heavy atom. The zero-order chi connectivity index (χ0) is 11.5. The Morgan fingerprint density at radius 3 is 2.81 bits per heavy atom. The van der Waals surface area contributed by atoms with Gasteiger partial charge in [0.1, 0.15) is 0 Å². The van der Waals surface area contributed by atoms with Gasteiger partial charge in [-0.15, -0.1) is 0 Å². The van der Waals surface area contributed by atoms with Gasteiger partial charge in [-0.2, -0.15) is 5.10 Å². The van der Waals surface area contributed by atoms with Gasteiger partial charge in [-0.1, -0.05) is 24.3 Å². The van der Waals surface area contributed by atoms with Crippen molar-refractivity contribution >= 4 is 0 Å². The molecule has 2 aromatic rings. The van der Waals surface area contributed by atoms with E-state index >= 15 is 0 Å². The fourth-order valence-electron chi connectivity index (χ4n) is 1.81. The number of nitrogens with zero attached hydrogens (tertiary/aromatic N) is 1. The van der Waals surface area contributed by atoms with E-state index in [4.69, 9.17) is 5.73 Å². The molecule has 1 atom stereocenters. The van der Waals surface area contributed by atoms with E-state index in [1.54, 1.807) is 0 Å². The van der Waals surface area contributed by atoms with Crippen LogP contribution in [0.1, 0.15) is 18.2 Å². The van der Waals surface area contributed by atoms with Crippen LogP contribution in [0.3, 0.4) is 0 Å². The highest BCUT2D eigenvalue weighted by Gasteiger charge is 2.07. The third kappa shape index (κ3) is 2.31. The van der Waals surface area contributed by atoms with Crippen LogP contribution in [-0.2, 0) is 6.42 Å². The minimum Gasteiger partial charge on any atom is -0.328 e. The molecule has 0 spiro atoms. The normalized spacial score (nSPS) is 12.7. The van der Waals surface area contributed by atoms with Crippen molar-refractivity contribution in [3.05, 3.63) is 41.6 Å². The zero-order valence-corrected chi connectivity index (χ0v) is 9.70. The van der Waals surface area contributed by atoms with Gasteiger partial charge in [0.05, 0.1) is 5.69 Å². The molecule has 1 heterocycles. The maximum atomic E-state index is 5.75. The fourth-order valence-corrected chi connectivity index (χ4v) is 1.81. The van der Waals surface area contributed by atoms with E-state index in [1.165, 1.54) is 11.1 Å². The van der Waals surface area contributed by atoms with Gasteiger partial charge in [-0.3, -0.25) is 5.10 Å². The molecule has 1 unspecified atom stereocenters. The van der Waals surface area contributed by atoms with Crippen LogP contribution in [0.4, 0.5) is 0 Å². The number of aryl methyl sites for hydroxylation is 1. The molecule has 0 aliphatic heterocycles. The maximum absolute atomic E-state index is 5.75. The number of nitrogens with one attached hydrogen (secondary N) is 1. The van der Waals surface area contributed by atoms with Gasteiger partial charge in [-0.25, -0.2) is 0 Å². The van der Waals surface area contributed by atoms with E-state index in [2.05, 4.69) is 35.3 Å². The van der Waals surface area contributed by atoms with Gasteiger partial charge >= 0.3 is 0 Å². The molecule has 0 bridgehead atoms. The Kier molecular flexibility index (Phi) is 3.06. The molecule has 0 fully saturated rings. The van der Waals surface area contributed by atoms with E-state index < -0.39 is 0 Å². The summed E-state index contributed by atoms with van der Waals surface area (Å²) in [6.07, 6.45) is 0.832. The summed E-state index contributed by atoms with van der Waals surface area (Å²) in [6.45, 7) is 4.09. The van der Waals surface area contributed by atoms with Crippen molar-refractivity contribution in [1.82, 2.24) is 10.2 Å². The quantitative estimate of drug-likeness (QED) is 0.825. The molecule has 0 amide bonds. The lowest BCUT2D eigenvalue weighted by Crippen LogP contribution is -2.17. The summed E-state index contributed by atoms with van der Waals surface area (Å²) in [4.78, 5) is 0. The van der Waals surface area contributed by atoms with Gasteiger partial charge in [0.15, 0.2) is 0 Å². The molecule has 0 saturated carbocycles. The number of H-pyrrole nitrogens is 1. The third-order valence-electron chi connectivity index (χ3n) is 2.59. The predicted molar refractivity (Wildman–Crippen MR) is 66.1 cm³/mol. The summed E-state index contributed by atoms with van der Waals surface area (Å²) >= 11 is 0. The first-order valence-corrected chi connectivity index (χ1v) is 5.52. The molecule has 3 N–H and O–H groups in total. The fraction of sp³-hybridized carbons (Fsp3) is 0.308. The van der Waals surface area contributed by atoms with Gasteiger partial charge in [0, 0.05) is 23.7 Å². The van der Waals surface area contributed by atoms with Crippen LogP contribution >= 0.6 is 0 Å². The summed E-state index contributed by atoms with van der Waals surface area (Å²) < 4.78 is 0.